The number of hydrogen-bond donors (Lipinski definition) is 1. The number of fused-ring (bicyclic) bond motifs is 2. The molecular formula is C18H21N5O. The first-order chi connectivity index (χ1) is 11.7. The van der Waals surface area contributed by atoms with Crippen LogP contribution >= 0.6 is 0 Å². The highest BCUT2D eigenvalue weighted by Gasteiger charge is 2.21. The van der Waals surface area contributed by atoms with Crippen molar-refractivity contribution in [2.45, 2.75) is 32.9 Å². The Hall–Kier alpha value is -2.47. The summed E-state index contributed by atoms with van der Waals surface area (Å²) in [5.41, 5.74) is 4.26. The molecule has 3 heterocycles. The van der Waals surface area contributed by atoms with Crippen LogP contribution in [0.1, 0.15) is 23.7 Å². The summed E-state index contributed by atoms with van der Waals surface area (Å²) >= 11 is 0. The molecule has 6 heteroatoms. The lowest BCUT2D eigenvalue weighted by atomic mass is 9.99. The Morgan fingerprint density at radius 3 is 2.96 bits per heavy atom. The van der Waals surface area contributed by atoms with Gasteiger partial charge in [0.1, 0.15) is 17.5 Å². The van der Waals surface area contributed by atoms with E-state index in [2.05, 4.69) is 56.5 Å². The van der Waals surface area contributed by atoms with E-state index in [1.54, 1.807) is 0 Å². The first-order valence-corrected chi connectivity index (χ1v) is 8.34. The van der Waals surface area contributed by atoms with E-state index in [0.29, 0.717) is 11.8 Å². The van der Waals surface area contributed by atoms with Crippen LogP contribution < -0.4 is 5.32 Å². The minimum atomic E-state index is 0.406. The summed E-state index contributed by atoms with van der Waals surface area (Å²) < 4.78 is 5.20. The lowest BCUT2D eigenvalue weighted by molar-refractivity contribution is 0.198. The number of anilines is 1. The average Bonchev–Trinajstić information content (AvgIpc) is 3.01. The number of aromatic nitrogens is 3. The van der Waals surface area contributed by atoms with E-state index in [1.165, 1.54) is 17.5 Å². The molecule has 1 atom stereocenters. The fraction of sp³-hybridized carbons (Fsp3) is 0.389. The Morgan fingerprint density at radius 1 is 1.25 bits per heavy atom. The summed E-state index contributed by atoms with van der Waals surface area (Å²) in [6.07, 6.45) is 2.63. The maximum absolute atomic E-state index is 5.20. The fourth-order valence-corrected chi connectivity index (χ4v) is 3.32. The number of nitrogens with one attached hydrogen (secondary N) is 1. The van der Waals surface area contributed by atoms with Crippen molar-refractivity contribution >= 4 is 16.9 Å². The lowest BCUT2D eigenvalue weighted by Crippen LogP contribution is -2.41. The largest absolute Gasteiger partial charge is 0.368 e. The zero-order valence-corrected chi connectivity index (χ0v) is 14.0. The van der Waals surface area contributed by atoms with Crippen molar-refractivity contribution in [3.63, 3.8) is 0 Å². The number of rotatable bonds is 4. The molecule has 0 spiro atoms. The molecule has 0 radical (unpaired) electrons. The topological polar surface area (TPSA) is 67.1 Å². The number of aryl methyl sites for hydroxylation is 1. The van der Waals surface area contributed by atoms with Crippen molar-refractivity contribution in [3.8, 4) is 0 Å². The monoisotopic (exact) mass is 323 g/mol. The van der Waals surface area contributed by atoms with Crippen molar-refractivity contribution in [3.05, 3.63) is 47.4 Å². The van der Waals surface area contributed by atoms with E-state index in [1.807, 2.05) is 6.92 Å². The van der Waals surface area contributed by atoms with Gasteiger partial charge >= 0.3 is 0 Å². The summed E-state index contributed by atoms with van der Waals surface area (Å²) in [5, 5.41) is 8.28. The summed E-state index contributed by atoms with van der Waals surface area (Å²) in [5.74, 6) is 0.794. The number of benzene rings is 1. The highest BCUT2D eigenvalue weighted by atomic mass is 16.5. The Kier molecular flexibility index (Phi) is 3.90. The predicted octanol–water partition coefficient (Wildman–Crippen LogP) is 2.78. The minimum absolute atomic E-state index is 0.406. The van der Waals surface area contributed by atoms with Gasteiger partial charge in [0.15, 0.2) is 0 Å². The van der Waals surface area contributed by atoms with Crippen LogP contribution in [0.4, 0.5) is 5.82 Å². The molecule has 1 aliphatic rings. The summed E-state index contributed by atoms with van der Waals surface area (Å²) in [4.78, 5) is 11.0. The molecule has 2 aromatic heterocycles. The molecular weight excluding hydrogens is 302 g/mol. The normalized spacial score (nSPS) is 16.1. The SMILES string of the molecule is Cc1noc2ncnc(NCC(C)N3CCc4ccccc4C3)c12. The van der Waals surface area contributed by atoms with Gasteiger partial charge < -0.3 is 9.84 Å². The summed E-state index contributed by atoms with van der Waals surface area (Å²) in [6.45, 7) is 7.07. The third-order valence-corrected chi connectivity index (χ3v) is 4.79. The first-order valence-electron chi connectivity index (χ1n) is 8.34. The van der Waals surface area contributed by atoms with Crippen molar-refractivity contribution in [2.75, 3.05) is 18.4 Å². The van der Waals surface area contributed by atoms with Crippen LogP contribution in [0.3, 0.4) is 0 Å². The van der Waals surface area contributed by atoms with Gasteiger partial charge in [-0.1, -0.05) is 29.4 Å². The van der Waals surface area contributed by atoms with E-state index in [9.17, 15) is 0 Å². The molecule has 4 rings (SSSR count). The molecule has 0 saturated carbocycles. The Bertz CT molecular complexity index is 859. The third kappa shape index (κ3) is 2.73. The maximum atomic E-state index is 5.20. The van der Waals surface area contributed by atoms with Gasteiger partial charge in [-0.2, -0.15) is 4.98 Å². The van der Waals surface area contributed by atoms with E-state index in [-0.39, 0.29) is 0 Å². The molecule has 6 nitrogen and oxygen atoms in total. The molecule has 0 fully saturated rings. The first kappa shape index (κ1) is 15.1. The second-order valence-corrected chi connectivity index (χ2v) is 6.39. The quantitative estimate of drug-likeness (QED) is 0.796. The molecule has 0 amide bonds. The molecule has 0 bridgehead atoms. The average molecular weight is 323 g/mol. The van der Waals surface area contributed by atoms with Gasteiger partial charge in [0.2, 0.25) is 0 Å². The molecule has 0 aliphatic carbocycles. The van der Waals surface area contributed by atoms with E-state index in [4.69, 9.17) is 4.52 Å². The van der Waals surface area contributed by atoms with Crippen LogP contribution in [-0.4, -0.2) is 39.2 Å². The van der Waals surface area contributed by atoms with Gasteiger partial charge in [0.25, 0.3) is 5.71 Å². The molecule has 1 N–H and O–H groups in total. The van der Waals surface area contributed by atoms with Crippen LogP contribution in [0.5, 0.6) is 0 Å². The van der Waals surface area contributed by atoms with E-state index in [0.717, 1.165) is 43.0 Å². The zero-order chi connectivity index (χ0) is 16.5. The van der Waals surface area contributed by atoms with Crippen molar-refractivity contribution in [1.29, 1.82) is 0 Å². The van der Waals surface area contributed by atoms with Gasteiger partial charge in [-0.15, -0.1) is 0 Å². The third-order valence-electron chi connectivity index (χ3n) is 4.79. The fourth-order valence-electron chi connectivity index (χ4n) is 3.32. The van der Waals surface area contributed by atoms with Gasteiger partial charge in [0.05, 0.1) is 5.69 Å². The molecule has 1 unspecified atom stereocenters. The van der Waals surface area contributed by atoms with Crippen molar-refractivity contribution < 1.29 is 4.52 Å². The number of nitrogens with zero attached hydrogens (tertiary/aromatic N) is 4. The molecule has 24 heavy (non-hydrogen) atoms. The van der Waals surface area contributed by atoms with Crippen LogP contribution in [0, 0.1) is 6.92 Å². The van der Waals surface area contributed by atoms with Crippen molar-refractivity contribution in [2.24, 2.45) is 0 Å². The second-order valence-electron chi connectivity index (χ2n) is 6.39. The smallest absolute Gasteiger partial charge is 0.263 e. The lowest BCUT2D eigenvalue weighted by Gasteiger charge is -2.33. The van der Waals surface area contributed by atoms with Crippen LogP contribution in [-0.2, 0) is 13.0 Å². The molecule has 1 aromatic carbocycles. The van der Waals surface area contributed by atoms with Crippen LogP contribution in [0.25, 0.3) is 11.1 Å². The van der Waals surface area contributed by atoms with Gasteiger partial charge in [-0.3, -0.25) is 4.90 Å². The Labute approximate surface area is 140 Å². The van der Waals surface area contributed by atoms with Gasteiger partial charge in [0, 0.05) is 25.7 Å². The zero-order valence-electron chi connectivity index (χ0n) is 14.0. The predicted molar refractivity (Wildman–Crippen MR) is 92.8 cm³/mol. The molecule has 0 saturated heterocycles. The van der Waals surface area contributed by atoms with Crippen molar-refractivity contribution in [1.82, 2.24) is 20.0 Å². The van der Waals surface area contributed by atoms with E-state index < -0.39 is 0 Å². The standard InChI is InChI=1S/C18H21N5O/c1-12(23-8-7-14-5-3-4-6-15(14)10-23)9-19-17-16-13(2)22-24-18(16)21-11-20-17/h3-6,11-12H,7-10H2,1-2H3,(H,19,20,21). The molecule has 1 aliphatic heterocycles. The van der Waals surface area contributed by atoms with Gasteiger partial charge in [-0.05, 0) is 31.4 Å². The minimum Gasteiger partial charge on any atom is -0.368 e. The van der Waals surface area contributed by atoms with E-state index >= 15 is 0 Å². The van der Waals surface area contributed by atoms with Crippen LogP contribution in [0.2, 0.25) is 0 Å². The summed E-state index contributed by atoms with van der Waals surface area (Å²) in [6, 6.07) is 9.12. The number of hydrogen-bond acceptors (Lipinski definition) is 6. The summed E-state index contributed by atoms with van der Waals surface area (Å²) in [7, 11) is 0. The molecule has 3 aromatic rings. The van der Waals surface area contributed by atoms with Gasteiger partial charge in [-0.25, -0.2) is 4.98 Å². The second kappa shape index (κ2) is 6.20. The Morgan fingerprint density at radius 2 is 2.08 bits per heavy atom. The van der Waals surface area contributed by atoms with Crippen LogP contribution in [0.15, 0.2) is 35.1 Å². The highest BCUT2D eigenvalue weighted by molar-refractivity contribution is 5.87. The Balaban J connectivity index is 1.45. The molecule has 124 valence electrons. The maximum Gasteiger partial charge on any atom is 0.263 e. The highest BCUT2D eigenvalue weighted by Crippen LogP contribution is 2.23.